The second kappa shape index (κ2) is 5.16. The third kappa shape index (κ3) is 3.28. The molecule has 0 saturated carbocycles. The molecule has 0 unspecified atom stereocenters. The standard InChI is InChI=1S/C11H14ClNO3S/c1-3-4-10(14)9-6-8(12)5-7(2)11(9)17(13,15)16/h5-6H,3-4H2,1-2H3,(H2,13,15,16). The summed E-state index contributed by atoms with van der Waals surface area (Å²) in [4.78, 5) is 11.7. The topological polar surface area (TPSA) is 77.2 Å². The highest BCUT2D eigenvalue weighted by Gasteiger charge is 2.21. The van der Waals surface area contributed by atoms with Gasteiger partial charge in [-0.3, -0.25) is 4.79 Å². The van der Waals surface area contributed by atoms with Gasteiger partial charge < -0.3 is 0 Å². The summed E-state index contributed by atoms with van der Waals surface area (Å²) in [5.74, 6) is -0.262. The molecular weight excluding hydrogens is 262 g/mol. The first-order valence-electron chi connectivity index (χ1n) is 5.13. The van der Waals surface area contributed by atoms with Gasteiger partial charge in [-0.15, -0.1) is 0 Å². The Labute approximate surface area is 106 Å². The molecule has 0 heterocycles. The van der Waals surface area contributed by atoms with E-state index >= 15 is 0 Å². The van der Waals surface area contributed by atoms with Crippen molar-refractivity contribution in [1.82, 2.24) is 0 Å². The van der Waals surface area contributed by atoms with Gasteiger partial charge in [-0.05, 0) is 31.0 Å². The van der Waals surface area contributed by atoms with Gasteiger partial charge in [-0.25, -0.2) is 13.6 Å². The van der Waals surface area contributed by atoms with E-state index in [2.05, 4.69) is 0 Å². The molecule has 1 aromatic carbocycles. The lowest BCUT2D eigenvalue weighted by Crippen LogP contribution is -2.18. The number of hydrogen-bond acceptors (Lipinski definition) is 3. The summed E-state index contributed by atoms with van der Waals surface area (Å²) in [6.45, 7) is 3.40. The van der Waals surface area contributed by atoms with Crippen LogP contribution in [0.4, 0.5) is 0 Å². The number of aryl methyl sites for hydroxylation is 1. The molecule has 4 nitrogen and oxygen atoms in total. The first-order chi connectivity index (χ1) is 7.77. The predicted octanol–water partition coefficient (Wildman–Crippen LogP) is 2.28. The van der Waals surface area contributed by atoms with Gasteiger partial charge in [-0.2, -0.15) is 0 Å². The van der Waals surface area contributed by atoms with E-state index in [1.165, 1.54) is 12.1 Å². The van der Waals surface area contributed by atoms with E-state index in [9.17, 15) is 13.2 Å². The van der Waals surface area contributed by atoms with E-state index in [0.717, 1.165) is 0 Å². The number of Topliss-reactive ketones (excluding diaryl/α,β-unsaturated/α-hetero) is 1. The minimum absolute atomic E-state index is 0.0827. The van der Waals surface area contributed by atoms with Crippen molar-refractivity contribution in [2.45, 2.75) is 31.6 Å². The van der Waals surface area contributed by atoms with Crippen LogP contribution in [0.5, 0.6) is 0 Å². The van der Waals surface area contributed by atoms with E-state index in [-0.39, 0.29) is 22.7 Å². The van der Waals surface area contributed by atoms with Crippen LogP contribution in [0, 0.1) is 6.92 Å². The minimum atomic E-state index is -3.92. The lowest BCUT2D eigenvalue weighted by molar-refractivity contribution is 0.0978. The minimum Gasteiger partial charge on any atom is -0.294 e. The number of sulfonamides is 1. The Balaban J connectivity index is 3.52. The van der Waals surface area contributed by atoms with Crippen molar-refractivity contribution in [2.24, 2.45) is 5.14 Å². The molecule has 94 valence electrons. The Hall–Kier alpha value is -0.910. The summed E-state index contributed by atoms with van der Waals surface area (Å²) in [7, 11) is -3.92. The van der Waals surface area contributed by atoms with Crippen LogP contribution in [-0.4, -0.2) is 14.2 Å². The van der Waals surface area contributed by atoms with Crippen LogP contribution < -0.4 is 5.14 Å². The zero-order valence-electron chi connectivity index (χ0n) is 9.66. The van der Waals surface area contributed by atoms with E-state index in [0.29, 0.717) is 17.0 Å². The lowest BCUT2D eigenvalue weighted by atomic mass is 10.0. The van der Waals surface area contributed by atoms with Gasteiger partial charge in [0, 0.05) is 17.0 Å². The Morgan fingerprint density at radius 3 is 2.47 bits per heavy atom. The Morgan fingerprint density at radius 1 is 1.41 bits per heavy atom. The van der Waals surface area contributed by atoms with Crippen LogP contribution in [0.25, 0.3) is 0 Å². The van der Waals surface area contributed by atoms with Crippen molar-refractivity contribution in [3.8, 4) is 0 Å². The molecule has 0 aliphatic heterocycles. The van der Waals surface area contributed by atoms with Gasteiger partial charge in [0.1, 0.15) is 0 Å². The average Bonchev–Trinajstić information content (AvgIpc) is 2.14. The number of halogens is 1. The van der Waals surface area contributed by atoms with Crippen molar-refractivity contribution >= 4 is 27.4 Å². The first kappa shape index (κ1) is 14.2. The van der Waals surface area contributed by atoms with Crippen LogP contribution in [0.3, 0.4) is 0 Å². The molecule has 0 aromatic heterocycles. The number of ketones is 1. The van der Waals surface area contributed by atoms with Crippen molar-refractivity contribution in [3.63, 3.8) is 0 Å². The molecule has 1 rings (SSSR count). The Morgan fingerprint density at radius 2 is 2.00 bits per heavy atom. The van der Waals surface area contributed by atoms with E-state index in [1.54, 1.807) is 6.92 Å². The molecular formula is C11H14ClNO3S. The fraction of sp³-hybridized carbons (Fsp3) is 0.364. The zero-order chi connectivity index (χ0) is 13.2. The molecule has 0 saturated heterocycles. The van der Waals surface area contributed by atoms with Crippen LogP contribution in [0.2, 0.25) is 5.02 Å². The molecule has 0 radical (unpaired) electrons. The van der Waals surface area contributed by atoms with Gasteiger partial charge in [0.2, 0.25) is 10.0 Å². The molecule has 0 fully saturated rings. The molecule has 0 atom stereocenters. The maximum atomic E-state index is 11.8. The van der Waals surface area contributed by atoms with Crippen LogP contribution >= 0.6 is 11.6 Å². The molecule has 17 heavy (non-hydrogen) atoms. The van der Waals surface area contributed by atoms with Crippen molar-refractivity contribution in [1.29, 1.82) is 0 Å². The highest BCUT2D eigenvalue weighted by atomic mass is 35.5. The fourth-order valence-electron chi connectivity index (χ4n) is 1.68. The normalized spacial score (nSPS) is 11.5. The smallest absolute Gasteiger partial charge is 0.239 e. The number of primary sulfonamides is 1. The number of hydrogen-bond donors (Lipinski definition) is 1. The van der Waals surface area contributed by atoms with Crippen molar-refractivity contribution < 1.29 is 13.2 Å². The van der Waals surface area contributed by atoms with E-state index < -0.39 is 10.0 Å². The molecule has 2 N–H and O–H groups in total. The summed E-state index contributed by atoms with van der Waals surface area (Å²) in [6, 6.07) is 2.83. The molecule has 0 aliphatic rings. The predicted molar refractivity (Wildman–Crippen MR) is 66.8 cm³/mol. The Bertz CT molecular complexity index is 552. The van der Waals surface area contributed by atoms with E-state index in [4.69, 9.17) is 16.7 Å². The largest absolute Gasteiger partial charge is 0.294 e. The molecule has 0 bridgehead atoms. The maximum Gasteiger partial charge on any atom is 0.239 e. The van der Waals surface area contributed by atoms with Gasteiger partial charge >= 0.3 is 0 Å². The molecule has 0 spiro atoms. The second-order valence-electron chi connectivity index (χ2n) is 3.82. The summed E-state index contributed by atoms with van der Waals surface area (Å²) in [5, 5.41) is 5.45. The average molecular weight is 276 g/mol. The van der Waals surface area contributed by atoms with Crippen LogP contribution in [0.15, 0.2) is 17.0 Å². The third-order valence-corrected chi connectivity index (χ3v) is 3.63. The van der Waals surface area contributed by atoms with Crippen LogP contribution in [-0.2, 0) is 10.0 Å². The number of nitrogens with two attached hydrogens (primary N) is 1. The summed E-state index contributed by atoms with van der Waals surface area (Å²) in [5.41, 5.74) is 0.471. The maximum absolute atomic E-state index is 11.8. The fourth-order valence-corrected chi connectivity index (χ4v) is 2.94. The first-order valence-corrected chi connectivity index (χ1v) is 7.06. The lowest BCUT2D eigenvalue weighted by Gasteiger charge is -2.10. The third-order valence-electron chi connectivity index (χ3n) is 2.30. The zero-order valence-corrected chi connectivity index (χ0v) is 11.2. The molecule has 0 aliphatic carbocycles. The summed E-state index contributed by atoms with van der Waals surface area (Å²) < 4.78 is 23.0. The highest BCUT2D eigenvalue weighted by molar-refractivity contribution is 7.89. The SMILES string of the molecule is CCCC(=O)c1cc(Cl)cc(C)c1S(N)(=O)=O. The number of rotatable bonds is 4. The van der Waals surface area contributed by atoms with Gasteiger partial charge in [0.25, 0.3) is 0 Å². The number of benzene rings is 1. The van der Waals surface area contributed by atoms with Crippen molar-refractivity contribution in [2.75, 3.05) is 0 Å². The van der Waals surface area contributed by atoms with Gasteiger partial charge in [0.15, 0.2) is 5.78 Å². The molecule has 1 aromatic rings. The van der Waals surface area contributed by atoms with Gasteiger partial charge in [-0.1, -0.05) is 18.5 Å². The summed E-state index contributed by atoms with van der Waals surface area (Å²) in [6.07, 6.45) is 0.900. The molecule has 6 heteroatoms. The second-order valence-corrected chi connectivity index (χ2v) is 5.75. The molecule has 0 amide bonds. The van der Waals surface area contributed by atoms with Gasteiger partial charge in [0.05, 0.1) is 4.90 Å². The highest BCUT2D eigenvalue weighted by Crippen LogP contribution is 2.25. The Kier molecular flexibility index (Phi) is 4.30. The van der Waals surface area contributed by atoms with Crippen molar-refractivity contribution in [3.05, 3.63) is 28.3 Å². The number of carbonyl (C=O) groups excluding carboxylic acids is 1. The van der Waals surface area contributed by atoms with Crippen LogP contribution in [0.1, 0.15) is 35.7 Å². The monoisotopic (exact) mass is 275 g/mol. The quantitative estimate of drug-likeness (QED) is 0.857. The van der Waals surface area contributed by atoms with E-state index in [1.807, 2.05) is 6.92 Å². The number of carbonyl (C=O) groups is 1. The summed E-state index contributed by atoms with van der Waals surface area (Å²) >= 11 is 5.83.